The van der Waals surface area contributed by atoms with Gasteiger partial charge in [-0.2, -0.15) is 5.10 Å². The van der Waals surface area contributed by atoms with Crippen molar-refractivity contribution in [2.45, 2.75) is 18.9 Å². The number of benzene rings is 1. The highest BCUT2D eigenvalue weighted by Gasteiger charge is 2.20. The Labute approximate surface area is 88.7 Å². The van der Waals surface area contributed by atoms with E-state index < -0.39 is 0 Å². The Hall–Kier alpha value is -1.77. The second-order valence-corrected chi connectivity index (χ2v) is 3.92. The van der Waals surface area contributed by atoms with Crippen LogP contribution in [0.4, 0.5) is 5.69 Å². The molecule has 0 spiro atoms. The molecule has 0 bridgehead atoms. The molecule has 0 amide bonds. The normalized spacial score (nSPS) is 15.2. The van der Waals surface area contributed by atoms with Crippen LogP contribution in [0, 0.1) is 0 Å². The van der Waals surface area contributed by atoms with Gasteiger partial charge in [0.2, 0.25) is 0 Å². The van der Waals surface area contributed by atoms with Crippen LogP contribution in [0.15, 0.2) is 42.7 Å². The van der Waals surface area contributed by atoms with E-state index in [0.29, 0.717) is 6.04 Å². The Balaban J connectivity index is 1.88. The molecule has 1 aliphatic rings. The van der Waals surface area contributed by atoms with E-state index in [9.17, 15) is 0 Å². The van der Waals surface area contributed by atoms with E-state index in [1.807, 2.05) is 16.9 Å². The fourth-order valence-corrected chi connectivity index (χ4v) is 1.62. The molecule has 1 heterocycles. The van der Waals surface area contributed by atoms with Gasteiger partial charge in [0.25, 0.3) is 0 Å². The number of hydrogen-bond acceptors (Lipinski definition) is 2. The predicted molar refractivity (Wildman–Crippen MR) is 60.2 cm³/mol. The third-order valence-electron chi connectivity index (χ3n) is 2.56. The minimum absolute atomic E-state index is 0.692. The lowest BCUT2D eigenvalue weighted by Crippen LogP contribution is -2.02. The van der Waals surface area contributed by atoms with Gasteiger partial charge in [0, 0.05) is 24.1 Å². The molecular formula is C12H13N3. The lowest BCUT2D eigenvalue weighted by Gasteiger charge is -2.06. The summed E-state index contributed by atoms with van der Waals surface area (Å²) in [5.74, 6) is 0. The molecule has 3 heteroatoms. The molecule has 0 aliphatic heterocycles. The molecule has 1 aliphatic carbocycles. The SMILES string of the molecule is c1cc(NC2CC2)cc(-n2cccn2)c1. The van der Waals surface area contributed by atoms with Crippen molar-refractivity contribution >= 4 is 5.69 Å². The average Bonchev–Trinajstić information content (AvgIpc) is 2.91. The third kappa shape index (κ3) is 1.86. The quantitative estimate of drug-likeness (QED) is 0.822. The van der Waals surface area contributed by atoms with Crippen molar-refractivity contribution in [3.63, 3.8) is 0 Å². The second kappa shape index (κ2) is 3.42. The molecule has 76 valence electrons. The fourth-order valence-electron chi connectivity index (χ4n) is 1.62. The van der Waals surface area contributed by atoms with Crippen molar-refractivity contribution in [3.8, 4) is 5.69 Å². The predicted octanol–water partition coefficient (Wildman–Crippen LogP) is 2.45. The van der Waals surface area contributed by atoms with Gasteiger partial charge in [-0.3, -0.25) is 0 Å². The summed E-state index contributed by atoms with van der Waals surface area (Å²) in [5.41, 5.74) is 2.29. The summed E-state index contributed by atoms with van der Waals surface area (Å²) < 4.78 is 1.87. The Morgan fingerprint density at radius 2 is 2.20 bits per heavy atom. The molecular weight excluding hydrogens is 186 g/mol. The van der Waals surface area contributed by atoms with E-state index in [-0.39, 0.29) is 0 Å². The third-order valence-corrected chi connectivity index (χ3v) is 2.56. The van der Waals surface area contributed by atoms with Gasteiger partial charge in [-0.25, -0.2) is 4.68 Å². The first-order valence-electron chi connectivity index (χ1n) is 5.28. The van der Waals surface area contributed by atoms with Crippen molar-refractivity contribution in [3.05, 3.63) is 42.7 Å². The molecule has 1 N–H and O–H groups in total. The van der Waals surface area contributed by atoms with E-state index in [0.717, 1.165) is 5.69 Å². The molecule has 1 fully saturated rings. The first-order chi connectivity index (χ1) is 7.42. The van der Waals surface area contributed by atoms with Crippen molar-refractivity contribution < 1.29 is 0 Å². The molecule has 2 aromatic rings. The van der Waals surface area contributed by atoms with Gasteiger partial charge < -0.3 is 5.32 Å². The second-order valence-electron chi connectivity index (χ2n) is 3.92. The van der Waals surface area contributed by atoms with E-state index >= 15 is 0 Å². The number of rotatable bonds is 3. The molecule has 0 atom stereocenters. The van der Waals surface area contributed by atoms with Crippen LogP contribution < -0.4 is 5.32 Å². The maximum atomic E-state index is 4.21. The summed E-state index contributed by atoms with van der Waals surface area (Å²) in [5, 5.41) is 7.69. The highest BCUT2D eigenvalue weighted by molar-refractivity contribution is 5.52. The van der Waals surface area contributed by atoms with Crippen LogP contribution in [-0.2, 0) is 0 Å². The number of aromatic nitrogens is 2. The standard InChI is InChI=1S/C12H13N3/c1-3-11(14-10-5-6-10)9-12(4-1)15-8-2-7-13-15/h1-4,7-10,14H,5-6H2. The minimum atomic E-state index is 0.692. The van der Waals surface area contributed by atoms with Gasteiger partial charge in [0.15, 0.2) is 0 Å². The largest absolute Gasteiger partial charge is 0.382 e. The number of anilines is 1. The maximum absolute atomic E-state index is 4.21. The van der Waals surface area contributed by atoms with Gasteiger partial charge in [0.05, 0.1) is 5.69 Å². The van der Waals surface area contributed by atoms with Crippen LogP contribution in [0.2, 0.25) is 0 Å². The molecule has 1 aromatic carbocycles. The summed E-state index contributed by atoms with van der Waals surface area (Å²) in [4.78, 5) is 0. The van der Waals surface area contributed by atoms with Crippen LogP contribution in [0.3, 0.4) is 0 Å². The van der Waals surface area contributed by atoms with E-state index in [1.165, 1.54) is 18.5 Å². The van der Waals surface area contributed by atoms with Crippen LogP contribution >= 0.6 is 0 Å². The highest BCUT2D eigenvalue weighted by atomic mass is 15.3. The first-order valence-corrected chi connectivity index (χ1v) is 5.28. The Morgan fingerprint density at radius 1 is 1.27 bits per heavy atom. The van der Waals surface area contributed by atoms with E-state index in [4.69, 9.17) is 0 Å². The smallest absolute Gasteiger partial charge is 0.0666 e. The summed E-state index contributed by atoms with van der Waals surface area (Å²) in [6.07, 6.45) is 6.34. The number of hydrogen-bond donors (Lipinski definition) is 1. The van der Waals surface area contributed by atoms with Gasteiger partial charge >= 0.3 is 0 Å². The Bertz CT molecular complexity index is 444. The summed E-state index contributed by atoms with van der Waals surface area (Å²) in [7, 11) is 0. The van der Waals surface area contributed by atoms with E-state index in [1.54, 1.807) is 6.20 Å². The lowest BCUT2D eigenvalue weighted by molar-refractivity contribution is 0.880. The van der Waals surface area contributed by atoms with Crippen LogP contribution in [0.1, 0.15) is 12.8 Å². The summed E-state index contributed by atoms with van der Waals surface area (Å²) in [6.45, 7) is 0. The zero-order valence-electron chi connectivity index (χ0n) is 8.43. The number of nitrogens with zero attached hydrogens (tertiary/aromatic N) is 2. The van der Waals surface area contributed by atoms with Crippen molar-refractivity contribution in [1.29, 1.82) is 0 Å². The zero-order chi connectivity index (χ0) is 10.1. The zero-order valence-corrected chi connectivity index (χ0v) is 8.43. The maximum Gasteiger partial charge on any atom is 0.0666 e. The molecule has 1 saturated carbocycles. The van der Waals surface area contributed by atoms with Crippen LogP contribution in [0.25, 0.3) is 5.69 Å². The van der Waals surface area contributed by atoms with Crippen molar-refractivity contribution in [2.75, 3.05) is 5.32 Å². The first kappa shape index (κ1) is 8.53. The van der Waals surface area contributed by atoms with Gasteiger partial charge in [-0.05, 0) is 37.1 Å². The number of nitrogens with one attached hydrogen (secondary N) is 1. The Morgan fingerprint density at radius 3 is 2.93 bits per heavy atom. The summed E-state index contributed by atoms with van der Waals surface area (Å²) in [6, 6.07) is 11.0. The molecule has 3 rings (SSSR count). The van der Waals surface area contributed by atoms with Crippen LogP contribution in [-0.4, -0.2) is 15.8 Å². The Kier molecular flexibility index (Phi) is 1.95. The minimum Gasteiger partial charge on any atom is -0.382 e. The molecule has 0 saturated heterocycles. The van der Waals surface area contributed by atoms with Gasteiger partial charge in [0.1, 0.15) is 0 Å². The highest BCUT2D eigenvalue weighted by Crippen LogP contribution is 2.25. The van der Waals surface area contributed by atoms with Crippen molar-refractivity contribution in [2.24, 2.45) is 0 Å². The monoisotopic (exact) mass is 199 g/mol. The van der Waals surface area contributed by atoms with E-state index in [2.05, 4.69) is 34.7 Å². The molecule has 0 unspecified atom stereocenters. The summed E-state index contributed by atoms with van der Waals surface area (Å²) >= 11 is 0. The van der Waals surface area contributed by atoms with Gasteiger partial charge in [-0.1, -0.05) is 6.07 Å². The van der Waals surface area contributed by atoms with Gasteiger partial charge in [-0.15, -0.1) is 0 Å². The molecule has 0 radical (unpaired) electrons. The fraction of sp³-hybridized carbons (Fsp3) is 0.250. The average molecular weight is 199 g/mol. The molecule has 1 aromatic heterocycles. The lowest BCUT2D eigenvalue weighted by atomic mass is 10.3. The molecule has 3 nitrogen and oxygen atoms in total. The topological polar surface area (TPSA) is 29.9 Å². The van der Waals surface area contributed by atoms with Crippen molar-refractivity contribution in [1.82, 2.24) is 9.78 Å². The molecule has 15 heavy (non-hydrogen) atoms. The van der Waals surface area contributed by atoms with Crippen LogP contribution in [0.5, 0.6) is 0 Å².